The molecule has 0 saturated carbocycles. The molecule has 2 atom stereocenters. The average molecular weight is 420 g/mol. The van der Waals surface area contributed by atoms with Crippen LogP contribution >= 0.6 is 12.2 Å². The highest BCUT2D eigenvalue weighted by molar-refractivity contribution is 7.80. The number of rotatable bonds is 8. The maximum atomic E-state index is 12.9. The molecule has 4 rings (SSSR count). The fraction of sp³-hybridized carbons (Fsp3) is 0.600. The summed E-state index contributed by atoms with van der Waals surface area (Å²) in [6.07, 6.45) is 8.57. The number of allylic oxidation sites excluding steroid dienone is 1. The molecule has 0 bridgehead atoms. The molecule has 8 nitrogen and oxygen atoms in total. The highest BCUT2D eigenvalue weighted by Crippen LogP contribution is 2.31. The summed E-state index contributed by atoms with van der Waals surface area (Å²) in [5.74, 6) is 0.666. The van der Waals surface area contributed by atoms with Crippen LogP contribution in [-0.2, 0) is 23.8 Å². The molecule has 1 aliphatic carbocycles. The predicted molar refractivity (Wildman–Crippen MR) is 109 cm³/mol. The number of hydrogen-bond donors (Lipinski definition) is 1. The Kier molecular flexibility index (Phi) is 6.25. The molecule has 1 N–H and O–H groups in total. The Balaban J connectivity index is 1.19. The molecule has 29 heavy (non-hydrogen) atoms. The summed E-state index contributed by atoms with van der Waals surface area (Å²) >= 11 is 5.32. The average Bonchev–Trinajstić information content (AvgIpc) is 3.38. The number of hydrogen-bond acceptors (Lipinski definition) is 6. The standard InChI is InChI=1S/C20H25N3O5S/c24-18(21-11-13-5-4-8-26-13)6-2-1-3-7-23-19(25)14-9-16-17(28-12-27-16)10-15(14)22-20(23)29/h9-10,13-14H,1-8,11-12H2,(H,21,24). The number of carbonyl (C=O) groups excluding carboxylic acids is 2. The first-order valence-corrected chi connectivity index (χ1v) is 10.5. The van der Waals surface area contributed by atoms with Gasteiger partial charge in [0.05, 0.1) is 11.8 Å². The predicted octanol–water partition coefficient (Wildman–Crippen LogP) is 1.81. The van der Waals surface area contributed by atoms with E-state index in [2.05, 4.69) is 10.3 Å². The van der Waals surface area contributed by atoms with Crippen LogP contribution in [0.5, 0.6) is 0 Å². The lowest BCUT2D eigenvalue weighted by Crippen LogP contribution is -2.46. The van der Waals surface area contributed by atoms with Gasteiger partial charge < -0.3 is 19.5 Å². The Hall–Kier alpha value is -2.26. The van der Waals surface area contributed by atoms with Crippen LogP contribution in [0.4, 0.5) is 0 Å². The van der Waals surface area contributed by atoms with E-state index < -0.39 is 5.92 Å². The molecule has 0 aromatic rings. The van der Waals surface area contributed by atoms with Crippen LogP contribution < -0.4 is 5.32 Å². The van der Waals surface area contributed by atoms with E-state index in [1.807, 2.05) is 0 Å². The Morgan fingerprint density at radius 2 is 2.14 bits per heavy atom. The minimum absolute atomic E-state index is 0.0505. The topological polar surface area (TPSA) is 89.5 Å². The molecule has 2 saturated heterocycles. The highest BCUT2D eigenvalue weighted by atomic mass is 32.1. The quantitative estimate of drug-likeness (QED) is 0.477. The number of thiocarbonyl (C=S) groups is 1. The number of amides is 2. The molecule has 2 fully saturated rings. The number of nitrogens with zero attached hydrogens (tertiary/aromatic N) is 2. The molecule has 4 aliphatic rings. The first-order valence-electron chi connectivity index (χ1n) is 10.1. The van der Waals surface area contributed by atoms with Crippen molar-refractivity contribution in [3.8, 4) is 0 Å². The summed E-state index contributed by atoms with van der Waals surface area (Å²) in [4.78, 5) is 30.7. The van der Waals surface area contributed by atoms with Crippen LogP contribution in [0, 0.1) is 5.92 Å². The van der Waals surface area contributed by atoms with E-state index in [9.17, 15) is 9.59 Å². The van der Waals surface area contributed by atoms with E-state index in [1.165, 1.54) is 0 Å². The van der Waals surface area contributed by atoms with Crippen LogP contribution in [0.25, 0.3) is 0 Å². The van der Waals surface area contributed by atoms with Crippen LogP contribution in [0.15, 0.2) is 28.7 Å². The number of carbonyl (C=O) groups is 2. The minimum Gasteiger partial charge on any atom is -0.454 e. The molecule has 9 heteroatoms. The van der Waals surface area contributed by atoms with Gasteiger partial charge in [-0.3, -0.25) is 14.5 Å². The van der Waals surface area contributed by atoms with Gasteiger partial charge in [-0.2, -0.15) is 0 Å². The van der Waals surface area contributed by atoms with Crippen molar-refractivity contribution >= 4 is 34.9 Å². The lowest BCUT2D eigenvalue weighted by Gasteiger charge is -2.30. The monoisotopic (exact) mass is 419 g/mol. The SMILES string of the molecule is O=C(CCCCCN1C(=O)C2C=C3OCOC3=CC2=NC1=S)NCC1CCCO1. The lowest BCUT2D eigenvalue weighted by molar-refractivity contribution is -0.128. The van der Waals surface area contributed by atoms with Gasteiger partial charge in [0.15, 0.2) is 11.5 Å². The molecule has 2 amide bonds. The molecular formula is C20H25N3O5S. The van der Waals surface area contributed by atoms with Gasteiger partial charge in [0.2, 0.25) is 23.7 Å². The van der Waals surface area contributed by atoms with Crippen molar-refractivity contribution < 1.29 is 23.8 Å². The van der Waals surface area contributed by atoms with Crippen LogP contribution in [0.2, 0.25) is 0 Å². The molecule has 0 spiro atoms. The minimum atomic E-state index is -0.481. The summed E-state index contributed by atoms with van der Waals surface area (Å²) < 4.78 is 16.2. The first-order chi connectivity index (χ1) is 14.1. The summed E-state index contributed by atoms with van der Waals surface area (Å²) in [5.41, 5.74) is 0.600. The largest absolute Gasteiger partial charge is 0.454 e. The van der Waals surface area contributed by atoms with E-state index in [1.54, 1.807) is 17.1 Å². The fourth-order valence-electron chi connectivity index (χ4n) is 3.79. The van der Waals surface area contributed by atoms with E-state index in [0.717, 1.165) is 38.7 Å². The number of unbranched alkanes of at least 4 members (excludes halogenated alkanes) is 2. The van der Waals surface area contributed by atoms with Crippen molar-refractivity contribution in [1.29, 1.82) is 0 Å². The van der Waals surface area contributed by atoms with Gasteiger partial charge >= 0.3 is 0 Å². The normalized spacial score (nSPS) is 25.4. The van der Waals surface area contributed by atoms with Crippen molar-refractivity contribution in [2.45, 2.75) is 44.6 Å². The maximum absolute atomic E-state index is 12.9. The van der Waals surface area contributed by atoms with E-state index in [0.29, 0.717) is 36.7 Å². The van der Waals surface area contributed by atoms with E-state index >= 15 is 0 Å². The van der Waals surface area contributed by atoms with Gasteiger partial charge in [0.25, 0.3) is 0 Å². The third kappa shape index (κ3) is 4.67. The highest BCUT2D eigenvalue weighted by Gasteiger charge is 2.38. The summed E-state index contributed by atoms with van der Waals surface area (Å²) in [5, 5.41) is 3.21. The second kappa shape index (κ2) is 9.04. The molecule has 3 aliphatic heterocycles. The van der Waals surface area contributed by atoms with Gasteiger partial charge in [-0.15, -0.1) is 0 Å². The Morgan fingerprint density at radius 3 is 2.97 bits per heavy atom. The molecule has 0 aromatic heterocycles. The zero-order chi connectivity index (χ0) is 20.2. The van der Waals surface area contributed by atoms with Crippen molar-refractivity contribution in [2.75, 3.05) is 26.5 Å². The lowest BCUT2D eigenvalue weighted by atomic mass is 9.93. The van der Waals surface area contributed by atoms with Gasteiger partial charge in [-0.25, -0.2) is 4.99 Å². The Bertz CT molecular complexity index is 785. The van der Waals surface area contributed by atoms with Gasteiger partial charge in [-0.05, 0) is 44.0 Å². The smallest absolute Gasteiger partial charge is 0.241 e. The summed E-state index contributed by atoms with van der Waals surface area (Å²) in [6, 6.07) is 0. The fourth-order valence-corrected chi connectivity index (χ4v) is 4.08. The van der Waals surface area contributed by atoms with Crippen molar-refractivity contribution in [3.63, 3.8) is 0 Å². The van der Waals surface area contributed by atoms with Crippen molar-refractivity contribution in [2.24, 2.45) is 10.9 Å². The molecular weight excluding hydrogens is 394 g/mol. The molecule has 156 valence electrons. The molecule has 0 aromatic carbocycles. The summed E-state index contributed by atoms with van der Waals surface area (Å²) in [7, 11) is 0. The van der Waals surface area contributed by atoms with E-state index in [4.69, 9.17) is 26.4 Å². The first kappa shape index (κ1) is 20.0. The van der Waals surface area contributed by atoms with E-state index in [-0.39, 0.29) is 29.8 Å². The number of aliphatic imine (C=N–C) groups is 1. The van der Waals surface area contributed by atoms with Crippen LogP contribution in [0.1, 0.15) is 38.5 Å². The molecule has 3 heterocycles. The maximum Gasteiger partial charge on any atom is 0.241 e. The van der Waals surface area contributed by atoms with Crippen molar-refractivity contribution in [1.82, 2.24) is 10.2 Å². The second-order valence-electron chi connectivity index (χ2n) is 7.48. The zero-order valence-electron chi connectivity index (χ0n) is 16.2. The van der Waals surface area contributed by atoms with Crippen LogP contribution in [0.3, 0.4) is 0 Å². The number of nitrogens with one attached hydrogen (secondary N) is 1. The molecule has 2 unspecified atom stereocenters. The number of fused-ring (bicyclic) bond motifs is 2. The Morgan fingerprint density at radius 1 is 1.28 bits per heavy atom. The number of ether oxygens (including phenoxy) is 3. The van der Waals surface area contributed by atoms with Crippen LogP contribution in [-0.4, -0.2) is 60.1 Å². The van der Waals surface area contributed by atoms with Gasteiger partial charge in [0.1, 0.15) is 5.92 Å². The second-order valence-corrected chi connectivity index (χ2v) is 7.85. The third-order valence-corrected chi connectivity index (χ3v) is 5.72. The molecule has 0 radical (unpaired) electrons. The zero-order valence-corrected chi connectivity index (χ0v) is 17.0. The third-order valence-electron chi connectivity index (χ3n) is 5.41. The van der Waals surface area contributed by atoms with Gasteiger partial charge in [-0.1, -0.05) is 6.42 Å². The summed E-state index contributed by atoms with van der Waals surface area (Å²) in [6.45, 7) is 2.04. The van der Waals surface area contributed by atoms with Gasteiger partial charge in [0, 0.05) is 32.2 Å². The Labute approximate surface area is 174 Å². The van der Waals surface area contributed by atoms with Crippen molar-refractivity contribution in [3.05, 3.63) is 23.7 Å².